The number of aromatic nitrogens is 1. The van der Waals surface area contributed by atoms with Crippen LogP contribution >= 0.6 is 11.6 Å². The predicted molar refractivity (Wildman–Crippen MR) is 70.6 cm³/mol. The van der Waals surface area contributed by atoms with Gasteiger partial charge >= 0.3 is 5.97 Å². The number of halogens is 2. The summed E-state index contributed by atoms with van der Waals surface area (Å²) < 4.78 is 13.5. The fraction of sp³-hybridized carbons (Fsp3) is 0. The molecule has 0 saturated carbocycles. The quantitative estimate of drug-likeness (QED) is 0.853. The minimum absolute atomic E-state index is 0.00220. The summed E-state index contributed by atoms with van der Waals surface area (Å²) in [7, 11) is 0. The lowest BCUT2D eigenvalue weighted by Gasteiger charge is -2.07. The number of nitrogens with one attached hydrogen (secondary N) is 1. The number of benzene rings is 1. The fourth-order valence-corrected chi connectivity index (χ4v) is 1.64. The first-order chi connectivity index (χ1) is 9.47. The number of aromatic carboxylic acids is 1. The number of pyridine rings is 1. The minimum Gasteiger partial charge on any atom is -0.478 e. The van der Waals surface area contributed by atoms with Gasteiger partial charge in [-0.3, -0.25) is 4.79 Å². The van der Waals surface area contributed by atoms with Gasteiger partial charge in [0.05, 0.1) is 11.3 Å². The fourth-order valence-electron chi connectivity index (χ4n) is 1.48. The molecule has 2 rings (SSSR count). The van der Waals surface area contributed by atoms with Crippen LogP contribution in [0.25, 0.3) is 0 Å². The van der Waals surface area contributed by atoms with Crippen molar-refractivity contribution in [1.29, 1.82) is 0 Å². The molecule has 2 aromatic rings. The first-order valence-corrected chi connectivity index (χ1v) is 5.82. The van der Waals surface area contributed by atoms with E-state index in [-0.39, 0.29) is 22.1 Å². The molecule has 1 aromatic carbocycles. The molecule has 0 atom stereocenters. The molecule has 0 radical (unpaired) electrons. The van der Waals surface area contributed by atoms with Crippen LogP contribution in [0.1, 0.15) is 20.8 Å². The SMILES string of the molecule is O=C(O)c1ccc(F)c(NC(=O)c2cccc(Cl)n2)c1. The van der Waals surface area contributed by atoms with Gasteiger partial charge in [0.2, 0.25) is 0 Å². The van der Waals surface area contributed by atoms with Gasteiger partial charge in [-0.1, -0.05) is 17.7 Å². The highest BCUT2D eigenvalue weighted by atomic mass is 35.5. The van der Waals surface area contributed by atoms with Gasteiger partial charge in [-0.05, 0) is 30.3 Å². The van der Waals surface area contributed by atoms with E-state index in [0.29, 0.717) is 0 Å². The molecular formula is C13H8ClFN2O3. The summed E-state index contributed by atoms with van der Waals surface area (Å²) in [5.41, 5.74) is -0.380. The van der Waals surface area contributed by atoms with Crippen molar-refractivity contribution < 1.29 is 19.1 Å². The summed E-state index contributed by atoms with van der Waals surface area (Å²) in [4.78, 5) is 26.4. The molecule has 1 aromatic heterocycles. The number of hydrogen-bond donors (Lipinski definition) is 2. The Bertz CT molecular complexity index is 691. The largest absolute Gasteiger partial charge is 0.478 e. The maximum absolute atomic E-state index is 13.5. The monoisotopic (exact) mass is 294 g/mol. The van der Waals surface area contributed by atoms with Crippen molar-refractivity contribution in [2.24, 2.45) is 0 Å². The molecule has 0 saturated heterocycles. The van der Waals surface area contributed by atoms with E-state index >= 15 is 0 Å². The molecule has 0 unspecified atom stereocenters. The molecule has 0 aliphatic carbocycles. The maximum Gasteiger partial charge on any atom is 0.335 e. The van der Waals surface area contributed by atoms with E-state index < -0.39 is 17.7 Å². The van der Waals surface area contributed by atoms with Gasteiger partial charge in [0.25, 0.3) is 5.91 Å². The third kappa shape index (κ3) is 3.10. The van der Waals surface area contributed by atoms with Crippen molar-refractivity contribution in [1.82, 2.24) is 4.98 Å². The van der Waals surface area contributed by atoms with Crippen LogP contribution in [-0.4, -0.2) is 22.0 Å². The average Bonchev–Trinajstić information content (AvgIpc) is 2.41. The predicted octanol–water partition coefficient (Wildman–Crippen LogP) is 2.82. The van der Waals surface area contributed by atoms with Gasteiger partial charge < -0.3 is 10.4 Å². The Kier molecular flexibility index (Phi) is 3.95. The molecule has 0 bridgehead atoms. The molecule has 1 heterocycles. The van der Waals surface area contributed by atoms with Crippen LogP contribution in [0.3, 0.4) is 0 Å². The summed E-state index contributed by atoms with van der Waals surface area (Å²) in [5.74, 6) is -2.65. The second kappa shape index (κ2) is 5.66. The van der Waals surface area contributed by atoms with Gasteiger partial charge in [-0.15, -0.1) is 0 Å². The van der Waals surface area contributed by atoms with Crippen molar-refractivity contribution >= 4 is 29.2 Å². The third-order valence-corrected chi connectivity index (χ3v) is 2.62. The highest BCUT2D eigenvalue weighted by molar-refractivity contribution is 6.29. The van der Waals surface area contributed by atoms with Gasteiger partial charge in [-0.25, -0.2) is 14.2 Å². The van der Waals surface area contributed by atoms with Crippen LogP contribution in [0.4, 0.5) is 10.1 Å². The summed E-state index contributed by atoms with van der Waals surface area (Å²) in [6.07, 6.45) is 0. The number of anilines is 1. The summed E-state index contributed by atoms with van der Waals surface area (Å²) >= 11 is 5.65. The lowest BCUT2D eigenvalue weighted by molar-refractivity contribution is 0.0696. The van der Waals surface area contributed by atoms with E-state index in [1.807, 2.05) is 0 Å². The zero-order valence-corrected chi connectivity index (χ0v) is 10.7. The number of carbonyl (C=O) groups is 2. The number of nitrogens with zero attached hydrogens (tertiary/aromatic N) is 1. The zero-order chi connectivity index (χ0) is 14.7. The molecular weight excluding hydrogens is 287 g/mol. The second-order valence-electron chi connectivity index (χ2n) is 3.80. The van der Waals surface area contributed by atoms with Gasteiger partial charge in [-0.2, -0.15) is 0 Å². The molecule has 102 valence electrons. The lowest BCUT2D eigenvalue weighted by Crippen LogP contribution is -2.15. The smallest absolute Gasteiger partial charge is 0.335 e. The minimum atomic E-state index is -1.22. The Labute approximate surface area is 118 Å². The Morgan fingerprint density at radius 2 is 2.00 bits per heavy atom. The van der Waals surface area contributed by atoms with Crippen LogP contribution in [0.5, 0.6) is 0 Å². The Balaban J connectivity index is 2.27. The number of carboxylic acids is 1. The number of carboxylic acid groups (broad SMARTS) is 1. The van der Waals surface area contributed by atoms with Crippen molar-refractivity contribution in [3.8, 4) is 0 Å². The molecule has 2 N–H and O–H groups in total. The Morgan fingerprint density at radius 1 is 1.25 bits per heavy atom. The Hall–Kier alpha value is -2.47. The molecule has 0 aliphatic rings. The van der Waals surface area contributed by atoms with Crippen LogP contribution in [0, 0.1) is 5.82 Å². The summed E-state index contributed by atoms with van der Waals surface area (Å²) in [6.45, 7) is 0. The van der Waals surface area contributed by atoms with Crippen LogP contribution in [0.15, 0.2) is 36.4 Å². The standard InChI is InChI=1S/C13H8ClFN2O3/c14-11-3-1-2-9(16-11)12(18)17-10-6-7(13(19)20)4-5-8(10)15/h1-6H,(H,17,18)(H,19,20). The van der Waals surface area contributed by atoms with Crippen molar-refractivity contribution in [2.45, 2.75) is 0 Å². The normalized spacial score (nSPS) is 10.1. The second-order valence-corrected chi connectivity index (χ2v) is 4.19. The topological polar surface area (TPSA) is 79.3 Å². The van der Waals surface area contributed by atoms with Gasteiger partial charge in [0, 0.05) is 0 Å². The molecule has 20 heavy (non-hydrogen) atoms. The van der Waals surface area contributed by atoms with E-state index in [0.717, 1.165) is 18.2 Å². The van der Waals surface area contributed by atoms with Gasteiger partial charge in [0.1, 0.15) is 16.7 Å². The number of rotatable bonds is 3. The third-order valence-electron chi connectivity index (χ3n) is 2.41. The molecule has 0 aliphatic heterocycles. The van der Waals surface area contributed by atoms with Crippen LogP contribution in [-0.2, 0) is 0 Å². The molecule has 0 spiro atoms. The number of amides is 1. The van der Waals surface area contributed by atoms with Gasteiger partial charge in [0.15, 0.2) is 0 Å². The van der Waals surface area contributed by atoms with Crippen molar-refractivity contribution in [3.05, 3.63) is 58.6 Å². The molecule has 0 fully saturated rings. The van der Waals surface area contributed by atoms with E-state index in [1.165, 1.54) is 18.2 Å². The summed E-state index contributed by atoms with van der Waals surface area (Å²) in [6, 6.07) is 7.51. The first kappa shape index (κ1) is 14.0. The van der Waals surface area contributed by atoms with E-state index in [4.69, 9.17) is 16.7 Å². The average molecular weight is 295 g/mol. The highest BCUT2D eigenvalue weighted by Crippen LogP contribution is 2.17. The van der Waals surface area contributed by atoms with Crippen LogP contribution in [0.2, 0.25) is 5.15 Å². The number of carbonyl (C=O) groups excluding carboxylic acids is 1. The Morgan fingerprint density at radius 3 is 2.65 bits per heavy atom. The molecule has 1 amide bonds. The van der Waals surface area contributed by atoms with Crippen LogP contribution < -0.4 is 5.32 Å². The van der Waals surface area contributed by atoms with E-state index in [1.54, 1.807) is 0 Å². The lowest BCUT2D eigenvalue weighted by atomic mass is 10.2. The first-order valence-electron chi connectivity index (χ1n) is 5.44. The van der Waals surface area contributed by atoms with Crippen molar-refractivity contribution in [2.75, 3.05) is 5.32 Å². The maximum atomic E-state index is 13.5. The highest BCUT2D eigenvalue weighted by Gasteiger charge is 2.13. The van der Waals surface area contributed by atoms with E-state index in [2.05, 4.69) is 10.3 Å². The van der Waals surface area contributed by atoms with Crippen molar-refractivity contribution in [3.63, 3.8) is 0 Å². The number of hydrogen-bond acceptors (Lipinski definition) is 3. The molecule has 7 heteroatoms. The zero-order valence-electron chi connectivity index (χ0n) is 9.93. The molecule has 5 nitrogen and oxygen atoms in total. The summed E-state index contributed by atoms with van der Waals surface area (Å²) in [5, 5.41) is 11.2. The van der Waals surface area contributed by atoms with E-state index in [9.17, 15) is 14.0 Å².